The number of hydrogen-bond donors (Lipinski definition) is 3. The number of hydrogen-bond acceptors (Lipinski definition) is 3. The Balaban J connectivity index is 2.63. The Morgan fingerprint density at radius 2 is 2.25 bits per heavy atom. The summed E-state index contributed by atoms with van der Waals surface area (Å²) in [6, 6.07) is 2.90. The molecule has 1 aromatic carbocycles. The summed E-state index contributed by atoms with van der Waals surface area (Å²) in [6.07, 6.45) is 0.714. The van der Waals surface area contributed by atoms with Gasteiger partial charge in [-0.15, -0.1) is 0 Å². The lowest BCUT2D eigenvalue weighted by Crippen LogP contribution is -2.13. The Hall–Kier alpha value is -0.810. The molecule has 1 unspecified atom stereocenters. The maximum absolute atomic E-state index is 13.2. The Labute approximate surface area is 103 Å². The molecule has 5 heteroatoms. The fraction of sp³-hybridized carbons (Fsp3) is 0.455. The van der Waals surface area contributed by atoms with Gasteiger partial charge < -0.3 is 16.2 Å². The zero-order valence-electron chi connectivity index (χ0n) is 9.13. The van der Waals surface area contributed by atoms with Crippen molar-refractivity contribution in [1.29, 1.82) is 0 Å². The standard InChI is InChI=1S/C11H16BrFN2O/c1-7(2-3-16)6-15-11-5-9(13)8(12)4-10(11)14/h4-5,7,15-16H,2-3,6,14H2,1H3. The van der Waals surface area contributed by atoms with Gasteiger partial charge in [-0.2, -0.15) is 0 Å². The van der Waals surface area contributed by atoms with E-state index in [0.29, 0.717) is 34.7 Å². The highest BCUT2D eigenvalue weighted by Gasteiger charge is 2.07. The predicted octanol–water partition coefficient (Wildman–Crippen LogP) is 2.60. The molecule has 0 aliphatic heterocycles. The highest BCUT2D eigenvalue weighted by molar-refractivity contribution is 9.10. The second kappa shape index (κ2) is 6.06. The van der Waals surface area contributed by atoms with Crippen molar-refractivity contribution in [2.45, 2.75) is 13.3 Å². The first-order chi connectivity index (χ1) is 7.54. The van der Waals surface area contributed by atoms with Crippen molar-refractivity contribution in [2.75, 3.05) is 24.2 Å². The van der Waals surface area contributed by atoms with Crippen molar-refractivity contribution in [3.63, 3.8) is 0 Å². The van der Waals surface area contributed by atoms with Crippen LogP contribution in [-0.4, -0.2) is 18.3 Å². The van der Waals surface area contributed by atoms with E-state index in [-0.39, 0.29) is 12.4 Å². The summed E-state index contributed by atoms with van der Waals surface area (Å²) in [5.41, 5.74) is 6.83. The van der Waals surface area contributed by atoms with E-state index in [1.807, 2.05) is 6.92 Å². The molecule has 1 atom stereocenters. The molecule has 4 N–H and O–H groups in total. The number of nitrogens with two attached hydrogens (primary N) is 1. The largest absolute Gasteiger partial charge is 0.397 e. The number of anilines is 2. The van der Waals surface area contributed by atoms with Crippen LogP contribution in [0.2, 0.25) is 0 Å². The van der Waals surface area contributed by atoms with Crippen LogP contribution >= 0.6 is 15.9 Å². The molecule has 16 heavy (non-hydrogen) atoms. The topological polar surface area (TPSA) is 58.3 Å². The fourth-order valence-corrected chi connectivity index (χ4v) is 1.68. The van der Waals surface area contributed by atoms with Crippen LogP contribution in [0.5, 0.6) is 0 Å². The molecular weight excluding hydrogens is 275 g/mol. The van der Waals surface area contributed by atoms with Gasteiger partial charge in [0.2, 0.25) is 0 Å². The summed E-state index contributed by atoms with van der Waals surface area (Å²) in [7, 11) is 0. The fourth-order valence-electron chi connectivity index (χ4n) is 1.32. The third-order valence-electron chi connectivity index (χ3n) is 2.36. The van der Waals surface area contributed by atoms with Crippen LogP contribution in [-0.2, 0) is 0 Å². The minimum atomic E-state index is -0.341. The smallest absolute Gasteiger partial charge is 0.139 e. The molecule has 0 saturated heterocycles. The van der Waals surface area contributed by atoms with E-state index in [9.17, 15) is 4.39 Å². The van der Waals surface area contributed by atoms with Gasteiger partial charge in [0, 0.05) is 19.2 Å². The van der Waals surface area contributed by atoms with Gasteiger partial charge in [-0.25, -0.2) is 4.39 Å². The average molecular weight is 291 g/mol. The van der Waals surface area contributed by atoms with Crippen LogP contribution < -0.4 is 11.1 Å². The van der Waals surface area contributed by atoms with Crippen molar-refractivity contribution >= 4 is 27.3 Å². The van der Waals surface area contributed by atoms with Crippen LogP contribution in [0.25, 0.3) is 0 Å². The molecule has 0 aliphatic carbocycles. The minimum absolute atomic E-state index is 0.160. The zero-order valence-corrected chi connectivity index (χ0v) is 10.7. The molecule has 0 aliphatic rings. The highest BCUT2D eigenvalue weighted by Crippen LogP contribution is 2.26. The summed E-state index contributed by atoms with van der Waals surface area (Å²) >= 11 is 3.07. The quantitative estimate of drug-likeness (QED) is 0.731. The van der Waals surface area contributed by atoms with Crippen molar-refractivity contribution in [1.82, 2.24) is 0 Å². The van der Waals surface area contributed by atoms with Gasteiger partial charge in [0.05, 0.1) is 15.8 Å². The molecule has 1 aromatic rings. The van der Waals surface area contributed by atoms with Gasteiger partial charge in [-0.05, 0) is 34.3 Å². The molecule has 90 valence electrons. The summed E-state index contributed by atoms with van der Waals surface area (Å²) in [5, 5.41) is 11.8. The van der Waals surface area contributed by atoms with Crippen LogP contribution in [0, 0.1) is 11.7 Å². The van der Waals surface area contributed by atoms with Gasteiger partial charge in [0.15, 0.2) is 0 Å². The Morgan fingerprint density at radius 3 is 2.88 bits per heavy atom. The molecule has 0 fully saturated rings. The Kier molecular flexibility index (Phi) is 5.02. The molecule has 3 nitrogen and oxygen atoms in total. The zero-order chi connectivity index (χ0) is 12.1. The number of benzene rings is 1. The number of nitrogen functional groups attached to an aromatic ring is 1. The van der Waals surface area contributed by atoms with Gasteiger partial charge in [0.1, 0.15) is 5.82 Å². The van der Waals surface area contributed by atoms with Crippen LogP contribution in [0.15, 0.2) is 16.6 Å². The lowest BCUT2D eigenvalue weighted by Gasteiger charge is -2.14. The third kappa shape index (κ3) is 3.64. The van der Waals surface area contributed by atoms with Crippen molar-refractivity contribution < 1.29 is 9.50 Å². The average Bonchev–Trinajstić information content (AvgIpc) is 2.22. The molecule has 0 heterocycles. The lowest BCUT2D eigenvalue weighted by molar-refractivity contribution is 0.266. The molecule has 0 spiro atoms. The second-order valence-electron chi connectivity index (χ2n) is 3.85. The summed E-state index contributed by atoms with van der Waals surface area (Å²) < 4.78 is 13.6. The molecular formula is C11H16BrFN2O. The predicted molar refractivity (Wildman–Crippen MR) is 67.9 cm³/mol. The Morgan fingerprint density at radius 1 is 1.56 bits per heavy atom. The molecule has 0 saturated carbocycles. The minimum Gasteiger partial charge on any atom is -0.397 e. The Bertz CT molecular complexity index is 360. The number of nitrogens with one attached hydrogen (secondary N) is 1. The first-order valence-corrected chi connectivity index (χ1v) is 5.93. The van der Waals surface area contributed by atoms with Gasteiger partial charge >= 0.3 is 0 Å². The van der Waals surface area contributed by atoms with E-state index in [4.69, 9.17) is 10.8 Å². The molecule has 0 bridgehead atoms. The SMILES string of the molecule is CC(CCO)CNc1cc(F)c(Br)cc1N. The molecule has 1 rings (SSSR count). The van der Waals surface area contributed by atoms with Gasteiger partial charge in [-0.3, -0.25) is 0 Å². The third-order valence-corrected chi connectivity index (χ3v) is 2.96. The number of aliphatic hydroxyl groups excluding tert-OH is 1. The van der Waals surface area contributed by atoms with Crippen molar-refractivity contribution in [3.05, 3.63) is 22.4 Å². The van der Waals surface area contributed by atoms with E-state index in [2.05, 4.69) is 21.2 Å². The maximum Gasteiger partial charge on any atom is 0.139 e. The first-order valence-electron chi connectivity index (χ1n) is 5.13. The van der Waals surface area contributed by atoms with E-state index < -0.39 is 0 Å². The normalized spacial score (nSPS) is 12.5. The lowest BCUT2D eigenvalue weighted by atomic mass is 10.1. The first kappa shape index (κ1) is 13.3. The van der Waals surface area contributed by atoms with E-state index in [1.54, 1.807) is 0 Å². The van der Waals surface area contributed by atoms with Crippen LogP contribution in [0.3, 0.4) is 0 Å². The highest BCUT2D eigenvalue weighted by atomic mass is 79.9. The maximum atomic E-state index is 13.2. The number of halogens is 2. The van der Waals surface area contributed by atoms with E-state index in [0.717, 1.165) is 0 Å². The summed E-state index contributed by atoms with van der Waals surface area (Å²) in [5.74, 6) is -0.0254. The monoisotopic (exact) mass is 290 g/mol. The number of rotatable bonds is 5. The molecule has 0 aromatic heterocycles. The second-order valence-corrected chi connectivity index (χ2v) is 4.71. The van der Waals surface area contributed by atoms with Crippen LogP contribution in [0.4, 0.5) is 15.8 Å². The van der Waals surface area contributed by atoms with E-state index >= 15 is 0 Å². The van der Waals surface area contributed by atoms with Crippen molar-refractivity contribution in [3.8, 4) is 0 Å². The summed E-state index contributed by atoms with van der Waals surface area (Å²) in [6.45, 7) is 2.83. The van der Waals surface area contributed by atoms with E-state index in [1.165, 1.54) is 12.1 Å². The van der Waals surface area contributed by atoms with Gasteiger partial charge in [-0.1, -0.05) is 6.92 Å². The van der Waals surface area contributed by atoms with Crippen LogP contribution in [0.1, 0.15) is 13.3 Å². The number of aliphatic hydroxyl groups is 1. The van der Waals surface area contributed by atoms with Gasteiger partial charge in [0.25, 0.3) is 0 Å². The van der Waals surface area contributed by atoms with Crippen molar-refractivity contribution in [2.24, 2.45) is 5.92 Å². The molecule has 0 radical (unpaired) electrons. The summed E-state index contributed by atoms with van der Waals surface area (Å²) in [4.78, 5) is 0. The molecule has 0 amide bonds.